The van der Waals surface area contributed by atoms with E-state index in [0.717, 1.165) is 38.1 Å². The fourth-order valence-corrected chi connectivity index (χ4v) is 2.67. The summed E-state index contributed by atoms with van der Waals surface area (Å²) < 4.78 is 14.1. The minimum absolute atomic E-state index is 0.256. The van der Waals surface area contributed by atoms with Crippen LogP contribution in [0.15, 0.2) is 6.33 Å². The molecule has 2 rings (SSSR count). The van der Waals surface area contributed by atoms with Crippen molar-refractivity contribution >= 4 is 21.7 Å². The molecule has 0 radical (unpaired) electrons. The van der Waals surface area contributed by atoms with E-state index >= 15 is 0 Å². The van der Waals surface area contributed by atoms with Crippen molar-refractivity contribution in [2.75, 3.05) is 43.0 Å². The molecule has 2 heterocycles. The van der Waals surface area contributed by atoms with Gasteiger partial charge < -0.3 is 4.90 Å². The van der Waals surface area contributed by atoms with Crippen molar-refractivity contribution in [1.82, 2.24) is 14.9 Å². The van der Waals surface area contributed by atoms with Gasteiger partial charge in [0.2, 0.25) is 0 Å². The van der Waals surface area contributed by atoms with Gasteiger partial charge in [0.15, 0.2) is 11.6 Å². The van der Waals surface area contributed by atoms with Gasteiger partial charge in [-0.1, -0.05) is 22.9 Å². The first-order valence-electron chi connectivity index (χ1n) is 6.29. The van der Waals surface area contributed by atoms with E-state index in [9.17, 15) is 4.39 Å². The number of aromatic nitrogens is 2. The Balaban J connectivity index is 2.05. The molecule has 0 spiro atoms. The van der Waals surface area contributed by atoms with Gasteiger partial charge in [-0.3, -0.25) is 4.90 Å². The van der Waals surface area contributed by atoms with Gasteiger partial charge in [0.1, 0.15) is 6.33 Å². The largest absolute Gasteiger partial charge is 0.352 e. The number of anilines is 1. The molecule has 1 aromatic heterocycles. The van der Waals surface area contributed by atoms with Gasteiger partial charge in [-0.25, -0.2) is 14.4 Å². The number of piperazine rings is 1. The van der Waals surface area contributed by atoms with Crippen LogP contribution in [-0.2, 0) is 6.42 Å². The van der Waals surface area contributed by atoms with E-state index in [-0.39, 0.29) is 5.82 Å². The summed E-state index contributed by atoms with van der Waals surface area (Å²) in [6.07, 6.45) is 2.06. The van der Waals surface area contributed by atoms with E-state index in [1.54, 1.807) is 0 Å². The Morgan fingerprint density at radius 2 is 2.00 bits per heavy atom. The van der Waals surface area contributed by atoms with E-state index in [1.165, 1.54) is 6.33 Å². The lowest BCUT2D eigenvalue weighted by Gasteiger charge is -2.35. The van der Waals surface area contributed by atoms with Crippen molar-refractivity contribution in [2.24, 2.45) is 0 Å². The van der Waals surface area contributed by atoms with E-state index < -0.39 is 0 Å². The average molecular weight is 317 g/mol. The van der Waals surface area contributed by atoms with Crippen molar-refractivity contribution < 1.29 is 4.39 Å². The molecule has 6 heteroatoms. The molecule has 0 saturated carbocycles. The van der Waals surface area contributed by atoms with E-state index in [1.807, 2.05) is 11.8 Å². The van der Waals surface area contributed by atoms with E-state index in [4.69, 9.17) is 0 Å². The van der Waals surface area contributed by atoms with Crippen LogP contribution in [0.2, 0.25) is 0 Å². The van der Waals surface area contributed by atoms with Gasteiger partial charge in [-0.2, -0.15) is 0 Å². The third-order valence-electron chi connectivity index (χ3n) is 3.25. The van der Waals surface area contributed by atoms with Crippen LogP contribution >= 0.6 is 15.9 Å². The van der Waals surface area contributed by atoms with Gasteiger partial charge in [-0.05, 0) is 6.42 Å². The lowest BCUT2D eigenvalue weighted by molar-refractivity contribution is 0.272. The Morgan fingerprint density at radius 3 is 2.61 bits per heavy atom. The second-order valence-corrected chi connectivity index (χ2v) is 5.12. The third-order valence-corrected chi connectivity index (χ3v) is 3.61. The zero-order valence-corrected chi connectivity index (χ0v) is 12.2. The Hall–Kier alpha value is -0.750. The van der Waals surface area contributed by atoms with Crippen LogP contribution in [0.25, 0.3) is 0 Å². The molecule has 4 nitrogen and oxygen atoms in total. The Bertz CT molecular complexity index is 394. The number of nitrogens with zero attached hydrogens (tertiary/aromatic N) is 4. The smallest absolute Gasteiger partial charge is 0.187 e. The topological polar surface area (TPSA) is 32.3 Å². The van der Waals surface area contributed by atoms with Crippen molar-refractivity contribution in [1.29, 1.82) is 0 Å². The highest BCUT2D eigenvalue weighted by molar-refractivity contribution is 9.09. The molecule has 100 valence electrons. The third kappa shape index (κ3) is 2.98. The highest BCUT2D eigenvalue weighted by atomic mass is 79.9. The maximum atomic E-state index is 14.1. The van der Waals surface area contributed by atoms with Crippen molar-refractivity contribution in [3.8, 4) is 0 Å². The second kappa shape index (κ2) is 6.43. The summed E-state index contributed by atoms with van der Waals surface area (Å²) in [5.41, 5.74) is 0.503. The molecule has 0 aromatic carbocycles. The Morgan fingerprint density at radius 1 is 1.28 bits per heavy atom. The molecule has 1 fully saturated rings. The lowest BCUT2D eigenvalue weighted by Crippen LogP contribution is -2.47. The number of hydrogen-bond donors (Lipinski definition) is 0. The summed E-state index contributed by atoms with van der Waals surface area (Å²) in [5.74, 6) is 0.203. The number of rotatable bonds is 4. The van der Waals surface area contributed by atoms with Gasteiger partial charge in [0.25, 0.3) is 0 Å². The van der Waals surface area contributed by atoms with Crippen LogP contribution in [0.5, 0.6) is 0 Å². The Labute approximate surface area is 115 Å². The molecule has 0 aliphatic carbocycles. The highest BCUT2D eigenvalue weighted by Gasteiger charge is 2.21. The number of aryl methyl sites for hydroxylation is 1. The monoisotopic (exact) mass is 316 g/mol. The molecule has 0 bridgehead atoms. The fraction of sp³-hybridized carbons (Fsp3) is 0.667. The molecule has 1 saturated heterocycles. The summed E-state index contributed by atoms with van der Waals surface area (Å²) in [5, 5.41) is 0.981. The standard InChI is InChI=1S/C12H18BrFN4/c1-2-10-11(14)12(16-9-15-10)18-7-5-17(4-3-13)6-8-18/h9H,2-8H2,1H3. The maximum Gasteiger partial charge on any atom is 0.187 e. The molecule has 1 aliphatic heterocycles. The molecular weight excluding hydrogens is 299 g/mol. The summed E-state index contributed by atoms with van der Waals surface area (Å²) in [6, 6.07) is 0. The summed E-state index contributed by atoms with van der Waals surface area (Å²) in [7, 11) is 0. The zero-order chi connectivity index (χ0) is 13.0. The number of alkyl halides is 1. The first kappa shape index (κ1) is 13.7. The maximum absolute atomic E-state index is 14.1. The van der Waals surface area contributed by atoms with Gasteiger partial charge in [0, 0.05) is 38.1 Å². The molecule has 0 atom stereocenters. The summed E-state index contributed by atoms with van der Waals surface area (Å²) in [4.78, 5) is 12.4. The first-order chi connectivity index (χ1) is 8.76. The molecular formula is C12H18BrFN4. The van der Waals surface area contributed by atoms with Crippen molar-refractivity contribution in [3.05, 3.63) is 17.8 Å². The van der Waals surface area contributed by atoms with Gasteiger partial charge >= 0.3 is 0 Å². The predicted octanol–water partition coefficient (Wildman–Crippen LogP) is 1.70. The summed E-state index contributed by atoms with van der Waals surface area (Å²) >= 11 is 3.44. The quantitative estimate of drug-likeness (QED) is 0.791. The van der Waals surface area contributed by atoms with Crippen LogP contribution in [0.4, 0.5) is 10.2 Å². The normalized spacial score (nSPS) is 17.2. The molecule has 1 aliphatic rings. The van der Waals surface area contributed by atoms with Crippen molar-refractivity contribution in [2.45, 2.75) is 13.3 Å². The first-order valence-corrected chi connectivity index (χ1v) is 7.41. The van der Waals surface area contributed by atoms with Crippen LogP contribution < -0.4 is 4.90 Å². The zero-order valence-electron chi connectivity index (χ0n) is 10.6. The predicted molar refractivity (Wildman–Crippen MR) is 73.8 cm³/mol. The average Bonchev–Trinajstić information content (AvgIpc) is 2.41. The SMILES string of the molecule is CCc1ncnc(N2CCN(CCBr)CC2)c1F. The minimum atomic E-state index is -0.256. The van der Waals surface area contributed by atoms with Gasteiger partial charge in [-0.15, -0.1) is 0 Å². The van der Waals surface area contributed by atoms with Crippen molar-refractivity contribution in [3.63, 3.8) is 0 Å². The van der Waals surface area contributed by atoms with Crippen LogP contribution in [0.1, 0.15) is 12.6 Å². The Kier molecular flexibility index (Phi) is 4.88. The molecule has 0 amide bonds. The van der Waals surface area contributed by atoms with Crippen LogP contribution in [0, 0.1) is 5.82 Å². The molecule has 0 unspecified atom stereocenters. The van der Waals surface area contributed by atoms with Crippen LogP contribution in [-0.4, -0.2) is 52.9 Å². The second-order valence-electron chi connectivity index (χ2n) is 4.33. The number of halogens is 2. The molecule has 18 heavy (non-hydrogen) atoms. The van der Waals surface area contributed by atoms with E-state index in [2.05, 4.69) is 30.8 Å². The van der Waals surface area contributed by atoms with E-state index in [0.29, 0.717) is 17.9 Å². The molecule has 1 aromatic rings. The summed E-state index contributed by atoms with van der Waals surface area (Å²) in [6.45, 7) is 6.50. The molecule has 0 N–H and O–H groups in total. The van der Waals surface area contributed by atoms with Gasteiger partial charge in [0.05, 0.1) is 5.69 Å². The van der Waals surface area contributed by atoms with Crippen LogP contribution in [0.3, 0.4) is 0 Å². The lowest BCUT2D eigenvalue weighted by atomic mass is 10.2. The number of hydrogen-bond acceptors (Lipinski definition) is 4. The fourth-order valence-electron chi connectivity index (χ4n) is 2.17. The highest BCUT2D eigenvalue weighted by Crippen LogP contribution is 2.19. The minimum Gasteiger partial charge on any atom is -0.352 e.